The molecule has 0 amide bonds. The van der Waals surface area contributed by atoms with Gasteiger partial charge in [-0.3, -0.25) is 4.79 Å². The van der Waals surface area contributed by atoms with Crippen molar-refractivity contribution >= 4 is 5.97 Å². The van der Waals surface area contributed by atoms with Crippen LogP contribution >= 0.6 is 0 Å². The summed E-state index contributed by atoms with van der Waals surface area (Å²) in [7, 11) is 1.88. The molecule has 27 heavy (non-hydrogen) atoms. The number of hydrogen-bond acceptors (Lipinski definition) is 3. The highest BCUT2D eigenvalue weighted by Gasteiger charge is 2.59. The molecule has 150 valence electrons. The smallest absolute Gasteiger partial charge is 0.302 e. The molecule has 0 aliphatic heterocycles. The van der Waals surface area contributed by atoms with Crippen LogP contribution in [0.3, 0.4) is 0 Å². The van der Waals surface area contributed by atoms with Gasteiger partial charge in [-0.1, -0.05) is 31.6 Å². The molecule has 0 radical (unpaired) electrons. The number of allylic oxidation sites excluding steroid dienone is 2. The SMILES string of the molecule is CC=C1C(OC)CC2C3CC=C4CC(OC(C)=O)CCC4(C)C3CCC12C. The van der Waals surface area contributed by atoms with Gasteiger partial charge in [0.05, 0.1) is 6.10 Å². The van der Waals surface area contributed by atoms with Crippen LogP contribution in [0, 0.1) is 28.6 Å². The number of fused-ring (bicyclic) bond motifs is 5. The van der Waals surface area contributed by atoms with Crippen molar-refractivity contribution < 1.29 is 14.3 Å². The molecule has 0 spiro atoms. The van der Waals surface area contributed by atoms with Crippen molar-refractivity contribution in [3.8, 4) is 0 Å². The molecule has 0 heterocycles. The highest BCUT2D eigenvalue weighted by atomic mass is 16.5. The second kappa shape index (κ2) is 6.76. The number of methoxy groups -OCH3 is 1. The van der Waals surface area contributed by atoms with Crippen LogP contribution in [0.2, 0.25) is 0 Å². The molecule has 7 unspecified atom stereocenters. The monoisotopic (exact) mass is 372 g/mol. The van der Waals surface area contributed by atoms with Crippen molar-refractivity contribution in [3.05, 3.63) is 23.3 Å². The van der Waals surface area contributed by atoms with E-state index in [9.17, 15) is 4.79 Å². The molecule has 0 bridgehead atoms. The fourth-order valence-electron chi connectivity index (χ4n) is 7.54. The van der Waals surface area contributed by atoms with E-state index in [0.29, 0.717) is 16.9 Å². The Kier molecular flexibility index (Phi) is 4.81. The molecule has 0 aromatic heterocycles. The van der Waals surface area contributed by atoms with Crippen LogP contribution in [0.15, 0.2) is 23.3 Å². The molecule has 0 N–H and O–H groups in total. The summed E-state index contributed by atoms with van der Waals surface area (Å²) in [6.45, 7) is 8.73. The average Bonchev–Trinajstić information content (AvgIpc) is 2.93. The van der Waals surface area contributed by atoms with Crippen molar-refractivity contribution in [2.45, 2.75) is 84.8 Å². The van der Waals surface area contributed by atoms with Gasteiger partial charge in [0.25, 0.3) is 0 Å². The Labute approximate surface area is 164 Å². The van der Waals surface area contributed by atoms with Gasteiger partial charge >= 0.3 is 5.97 Å². The largest absolute Gasteiger partial charge is 0.462 e. The summed E-state index contributed by atoms with van der Waals surface area (Å²) in [4.78, 5) is 11.4. The normalized spacial score (nSPS) is 47.7. The maximum Gasteiger partial charge on any atom is 0.302 e. The van der Waals surface area contributed by atoms with Gasteiger partial charge in [0.15, 0.2) is 0 Å². The predicted octanol–water partition coefficient (Wildman–Crippen LogP) is 5.45. The van der Waals surface area contributed by atoms with Crippen molar-refractivity contribution in [2.75, 3.05) is 7.11 Å². The van der Waals surface area contributed by atoms with Gasteiger partial charge < -0.3 is 9.47 Å². The fourth-order valence-corrected chi connectivity index (χ4v) is 7.54. The third-order valence-electron chi connectivity index (χ3n) is 8.85. The Morgan fingerprint density at radius 3 is 2.59 bits per heavy atom. The zero-order valence-electron chi connectivity index (χ0n) is 17.7. The molecule has 4 rings (SSSR count). The van der Waals surface area contributed by atoms with Crippen molar-refractivity contribution in [3.63, 3.8) is 0 Å². The maximum atomic E-state index is 11.4. The molecule has 4 aliphatic carbocycles. The van der Waals surface area contributed by atoms with E-state index in [4.69, 9.17) is 9.47 Å². The first-order chi connectivity index (χ1) is 12.8. The molecule has 0 saturated heterocycles. The third-order valence-corrected chi connectivity index (χ3v) is 8.85. The van der Waals surface area contributed by atoms with E-state index >= 15 is 0 Å². The Hall–Kier alpha value is -1.09. The molecule has 3 nitrogen and oxygen atoms in total. The second-order valence-corrected chi connectivity index (χ2v) is 9.89. The zero-order valence-corrected chi connectivity index (χ0v) is 17.7. The lowest BCUT2D eigenvalue weighted by Crippen LogP contribution is -2.49. The van der Waals surface area contributed by atoms with Crippen molar-refractivity contribution in [1.29, 1.82) is 0 Å². The van der Waals surface area contributed by atoms with E-state index in [2.05, 4.69) is 32.9 Å². The van der Waals surface area contributed by atoms with E-state index < -0.39 is 0 Å². The summed E-state index contributed by atoms with van der Waals surface area (Å²) in [6.07, 6.45) is 13.4. The lowest BCUT2D eigenvalue weighted by atomic mass is 9.48. The molecule has 4 aliphatic rings. The number of esters is 1. The minimum absolute atomic E-state index is 0.0891. The summed E-state index contributed by atoms with van der Waals surface area (Å²) in [5, 5.41) is 0. The number of carbonyl (C=O) groups excluding carboxylic acids is 1. The highest BCUT2D eigenvalue weighted by Crippen LogP contribution is 2.66. The first-order valence-corrected chi connectivity index (χ1v) is 10.9. The number of rotatable bonds is 2. The minimum Gasteiger partial charge on any atom is -0.462 e. The Bertz CT molecular complexity index is 677. The summed E-state index contributed by atoms with van der Waals surface area (Å²) in [5.74, 6) is 2.12. The van der Waals surface area contributed by atoms with Crippen LogP contribution < -0.4 is 0 Å². The van der Waals surface area contributed by atoms with Crippen LogP contribution in [0.4, 0.5) is 0 Å². The maximum absolute atomic E-state index is 11.4. The Morgan fingerprint density at radius 1 is 1.19 bits per heavy atom. The molecular weight excluding hydrogens is 336 g/mol. The van der Waals surface area contributed by atoms with Gasteiger partial charge in [-0.25, -0.2) is 0 Å². The van der Waals surface area contributed by atoms with Gasteiger partial charge in [-0.15, -0.1) is 0 Å². The molecular formula is C24H36O3. The number of hydrogen-bond donors (Lipinski definition) is 0. The Balaban J connectivity index is 1.61. The molecule has 0 aromatic rings. The first-order valence-electron chi connectivity index (χ1n) is 10.9. The van der Waals surface area contributed by atoms with Gasteiger partial charge in [-0.2, -0.15) is 0 Å². The Morgan fingerprint density at radius 2 is 1.93 bits per heavy atom. The van der Waals surface area contributed by atoms with Crippen molar-refractivity contribution in [1.82, 2.24) is 0 Å². The van der Waals surface area contributed by atoms with E-state index in [0.717, 1.165) is 37.0 Å². The zero-order chi connectivity index (χ0) is 19.4. The molecule has 3 saturated carbocycles. The van der Waals surface area contributed by atoms with Crippen LogP contribution in [0.1, 0.15) is 72.6 Å². The topological polar surface area (TPSA) is 35.5 Å². The molecule has 3 fully saturated rings. The van der Waals surface area contributed by atoms with E-state index in [-0.39, 0.29) is 12.1 Å². The first kappa shape index (κ1) is 19.2. The van der Waals surface area contributed by atoms with Crippen LogP contribution in [0.5, 0.6) is 0 Å². The quantitative estimate of drug-likeness (QED) is 0.477. The highest BCUT2D eigenvalue weighted by molar-refractivity contribution is 5.66. The van der Waals surface area contributed by atoms with Gasteiger partial charge in [0, 0.05) is 20.5 Å². The average molecular weight is 373 g/mol. The lowest BCUT2D eigenvalue weighted by molar-refractivity contribution is -0.148. The molecule has 3 heteroatoms. The summed E-state index contributed by atoms with van der Waals surface area (Å²) >= 11 is 0. The summed E-state index contributed by atoms with van der Waals surface area (Å²) in [5.41, 5.74) is 3.72. The summed E-state index contributed by atoms with van der Waals surface area (Å²) < 4.78 is 11.5. The van der Waals surface area contributed by atoms with E-state index in [1.807, 2.05) is 7.11 Å². The van der Waals surface area contributed by atoms with Crippen LogP contribution in [0.25, 0.3) is 0 Å². The van der Waals surface area contributed by atoms with Crippen molar-refractivity contribution in [2.24, 2.45) is 28.6 Å². The van der Waals surface area contributed by atoms with E-state index in [1.54, 1.807) is 11.1 Å². The molecule has 7 atom stereocenters. The van der Waals surface area contributed by atoms with Gasteiger partial charge in [0.2, 0.25) is 0 Å². The number of carbonyl (C=O) groups is 1. The van der Waals surface area contributed by atoms with Crippen LogP contribution in [-0.2, 0) is 14.3 Å². The predicted molar refractivity (Wildman–Crippen MR) is 107 cm³/mol. The standard InChI is InChI=1S/C24H36O3/c1-6-19-22(26-5)14-21-18-8-7-16-13-17(27-15(2)25)9-11-23(16,3)20(18)10-12-24(19,21)4/h6-7,17-18,20-22H,8-14H2,1-5H3. The van der Waals surface area contributed by atoms with Gasteiger partial charge in [0.1, 0.15) is 6.10 Å². The lowest BCUT2D eigenvalue weighted by Gasteiger charge is -2.57. The second-order valence-electron chi connectivity index (χ2n) is 9.89. The summed E-state index contributed by atoms with van der Waals surface area (Å²) in [6, 6.07) is 0. The van der Waals surface area contributed by atoms with E-state index in [1.165, 1.54) is 32.6 Å². The molecule has 0 aromatic carbocycles. The fraction of sp³-hybridized carbons (Fsp3) is 0.792. The number of ether oxygens (including phenoxy) is 2. The third kappa shape index (κ3) is 2.84. The van der Waals surface area contributed by atoms with Gasteiger partial charge in [-0.05, 0) is 79.6 Å². The minimum atomic E-state index is -0.137. The van der Waals surface area contributed by atoms with Crippen LogP contribution in [-0.4, -0.2) is 25.3 Å².